The van der Waals surface area contributed by atoms with Crippen LogP contribution in [0.5, 0.6) is 5.75 Å². The Morgan fingerprint density at radius 2 is 1.44 bits per heavy atom. The molecular formula is C31H36N8O3S. The first-order chi connectivity index (χ1) is 20.9. The minimum absolute atomic E-state index is 0.0907. The molecule has 1 aromatic heterocycles. The number of benzene rings is 3. The lowest BCUT2D eigenvalue weighted by atomic mass is 10.0. The van der Waals surface area contributed by atoms with Crippen molar-refractivity contribution in [3.63, 3.8) is 0 Å². The summed E-state index contributed by atoms with van der Waals surface area (Å²) in [5.74, 6) is 0.456. The molecule has 11 nitrogen and oxygen atoms in total. The maximum Gasteiger partial charge on any atom is 0.232 e. The number of nitrogens with one attached hydrogen (secondary N) is 2. The fourth-order valence-electron chi connectivity index (χ4n) is 5.69. The van der Waals surface area contributed by atoms with Crippen molar-refractivity contribution in [3.8, 4) is 5.75 Å². The lowest BCUT2D eigenvalue weighted by molar-refractivity contribution is 0.0982. The molecule has 0 atom stereocenters. The Kier molecular flexibility index (Phi) is 8.41. The van der Waals surface area contributed by atoms with Crippen molar-refractivity contribution in [2.24, 2.45) is 0 Å². The maximum absolute atomic E-state index is 13.3. The molecule has 43 heavy (non-hydrogen) atoms. The summed E-state index contributed by atoms with van der Waals surface area (Å²) in [6.07, 6.45) is 3.55. The molecule has 0 bridgehead atoms. The van der Waals surface area contributed by atoms with Crippen LogP contribution in [-0.2, 0) is 9.84 Å². The van der Waals surface area contributed by atoms with Crippen LogP contribution in [0.4, 0.5) is 29.0 Å². The van der Waals surface area contributed by atoms with Crippen molar-refractivity contribution in [2.75, 3.05) is 61.8 Å². The van der Waals surface area contributed by atoms with Crippen LogP contribution < -0.4 is 15.5 Å². The summed E-state index contributed by atoms with van der Waals surface area (Å²) in [7, 11) is -1.58. The van der Waals surface area contributed by atoms with Gasteiger partial charge in [-0.2, -0.15) is 4.98 Å². The minimum atomic E-state index is -3.77. The number of phenols is 1. The monoisotopic (exact) mass is 600 g/mol. The second-order valence-corrected chi connectivity index (χ2v) is 12.9. The number of likely N-dealkylation sites (N-methyl/N-ethyl adjacent to an activating group) is 1. The fraction of sp³-hybridized carbons (Fsp3) is 0.323. The minimum Gasteiger partial charge on any atom is -0.506 e. The quantitative estimate of drug-likeness (QED) is 0.253. The van der Waals surface area contributed by atoms with Gasteiger partial charge in [0.2, 0.25) is 21.7 Å². The van der Waals surface area contributed by atoms with E-state index in [1.165, 1.54) is 6.33 Å². The lowest BCUT2D eigenvalue weighted by Crippen LogP contribution is -2.52. The van der Waals surface area contributed by atoms with E-state index in [2.05, 4.69) is 47.3 Å². The largest absolute Gasteiger partial charge is 0.506 e. The van der Waals surface area contributed by atoms with E-state index in [9.17, 15) is 13.5 Å². The third-order valence-corrected chi connectivity index (χ3v) is 9.99. The molecule has 3 N–H and O–H groups in total. The summed E-state index contributed by atoms with van der Waals surface area (Å²) in [5.41, 5.74) is 1.78. The van der Waals surface area contributed by atoms with Gasteiger partial charge in [-0.05, 0) is 56.3 Å². The van der Waals surface area contributed by atoms with Crippen molar-refractivity contribution in [2.45, 2.75) is 28.7 Å². The number of piperidine rings is 1. The van der Waals surface area contributed by atoms with Crippen LogP contribution >= 0.6 is 0 Å². The zero-order valence-electron chi connectivity index (χ0n) is 24.1. The number of nitrogens with zero attached hydrogens (tertiary/aromatic N) is 6. The molecular weight excluding hydrogens is 564 g/mol. The number of para-hydroxylation sites is 1. The van der Waals surface area contributed by atoms with Crippen molar-refractivity contribution >= 4 is 38.8 Å². The number of phenolic OH excluding ortho intramolecular Hbond substituents is 1. The normalized spacial score (nSPS) is 17.1. The first-order valence-corrected chi connectivity index (χ1v) is 16.0. The van der Waals surface area contributed by atoms with Crippen molar-refractivity contribution in [3.05, 3.63) is 79.1 Å². The van der Waals surface area contributed by atoms with Gasteiger partial charge in [-0.15, -0.1) is 0 Å². The van der Waals surface area contributed by atoms with Crippen LogP contribution in [0, 0.1) is 0 Å². The van der Waals surface area contributed by atoms with Crippen LogP contribution in [0.2, 0.25) is 0 Å². The standard InChI is InChI=1S/C31H36N8O3S/c1-37-17-19-39(20-18-37)23-13-15-38(16-14-23)24-11-12-26(28(40)21-24)34-30-32-22-33-31(36-30)35-27-9-5-6-10-29(27)43(41,42)25-7-3-2-4-8-25/h2-12,21-23,40H,13-20H2,1H3,(H2,32,33,34,35,36). The molecule has 0 aliphatic carbocycles. The van der Waals surface area contributed by atoms with E-state index in [-0.39, 0.29) is 27.4 Å². The molecule has 0 radical (unpaired) electrons. The fourth-order valence-corrected chi connectivity index (χ4v) is 7.12. The first-order valence-electron chi connectivity index (χ1n) is 14.5. The molecule has 12 heteroatoms. The molecule has 2 aliphatic rings. The highest BCUT2D eigenvalue weighted by Crippen LogP contribution is 2.33. The van der Waals surface area contributed by atoms with Crippen molar-refractivity contribution in [1.82, 2.24) is 24.8 Å². The number of sulfone groups is 1. The molecule has 4 aromatic rings. The molecule has 2 saturated heterocycles. The Morgan fingerprint density at radius 1 is 0.791 bits per heavy atom. The number of anilines is 5. The molecule has 3 heterocycles. The Bertz CT molecular complexity index is 1650. The Balaban J connectivity index is 1.11. The van der Waals surface area contributed by atoms with Crippen LogP contribution in [0.15, 0.2) is 88.9 Å². The van der Waals surface area contributed by atoms with E-state index in [4.69, 9.17) is 0 Å². The van der Waals surface area contributed by atoms with Crippen LogP contribution in [-0.4, -0.2) is 90.6 Å². The zero-order chi connectivity index (χ0) is 29.8. The lowest BCUT2D eigenvalue weighted by Gasteiger charge is -2.42. The van der Waals surface area contributed by atoms with E-state index in [1.54, 1.807) is 60.7 Å². The summed E-state index contributed by atoms with van der Waals surface area (Å²) in [5, 5.41) is 16.9. The van der Waals surface area contributed by atoms with Gasteiger partial charge >= 0.3 is 0 Å². The van der Waals surface area contributed by atoms with Crippen molar-refractivity contribution < 1.29 is 13.5 Å². The Hall–Kier alpha value is -4.26. The highest BCUT2D eigenvalue weighted by Gasteiger charge is 2.27. The molecule has 0 saturated carbocycles. The van der Waals surface area contributed by atoms with Gasteiger partial charge in [0.1, 0.15) is 12.1 Å². The summed E-state index contributed by atoms with van der Waals surface area (Å²) in [4.78, 5) is 20.4. The number of hydrogen-bond donors (Lipinski definition) is 3. The zero-order valence-corrected chi connectivity index (χ0v) is 24.9. The predicted octanol–water partition coefficient (Wildman–Crippen LogP) is 4.11. The van der Waals surface area contributed by atoms with Gasteiger partial charge in [0, 0.05) is 57.1 Å². The van der Waals surface area contributed by atoms with Gasteiger partial charge in [-0.1, -0.05) is 30.3 Å². The SMILES string of the molecule is CN1CCN(C2CCN(c3ccc(Nc4ncnc(Nc5ccccc5S(=O)(=O)c5ccccc5)n4)c(O)c3)CC2)CC1. The molecule has 6 rings (SSSR count). The van der Waals surface area contributed by atoms with Gasteiger partial charge in [-0.25, -0.2) is 18.4 Å². The van der Waals surface area contributed by atoms with Gasteiger partial charge in [0.05, 0.1) is 21.2 Å². The number of aromatic hydroxyl groups is 1. The molecule has 3 aromatic carbocycles. The molecule has 0 amide bonds. The number of aromatic nitrogens is 3. The van der Waals surface area contributed by atoms with Crippen LogP contribution in [0.25, 0.3) is 0 Å². The average molecular weight is 601 g/mol. The average Bonchev–Trinajstić information content (AvgIpc) is 3.03. The van der Waals surface area contributed by atoms with Gasteiger partial charge < -0.3 is 25.5 Å². The van der Waals surface area contributed by atoms with E-state index >= 15 is 0 Å². The molecule has 2 fully saturated rings. The van der Waals surface area contributed by atoms with Crippen LogP contribution in [0.3, 0.4) is 0 Å². The summed E-state index contributed by atoms with van der Waals surface area (Å²) < 4.78 is 26.6. The molecule has 0 unspecified atom stereocenters. The molecule has 0 spiro atoms. The van der Waals surface area contributed by atoms with Crippen molar-refractivity contribution in [1.29, 1.82) is 0 Å². The second-order valence-electron chi connectivity index (χ2n) is 11.0. The van der Waals surface area contributed by atoms with Gasteiger partial charge in [-0.3, -0.25) is 4.90 Å². The Morgan fingerprint density at radius 3 is 2.14 bits per heavy atom. The maximum atomic E-state index is 13.3. The number of piperazine rings is 1. The third-order valence-electron chi connectivity index (χ3n) is 8.16. The smallest absolute Gasteiger partial charge is 0.232 e. The van der Waals surface area contributed by atoms with Gasteiger partial charge in [0.15, 0.2) is 0 Å². The van der Waals surface area contributed by atoms with Crippen LogP contribution in [0.1, 0.15) is 12.8 Å². The first kappa shape index (κ1) is 28.8. The molecule has 224 valence electrons. The summed E-state index contributed by atoms with van der Waals surface area (Å²) >= 11 is 0. The third kappa shape index (κ3) is 6.56. The molecule has 2 aliphatic heterocycles. The van der Waals surface area contributed by atoms with E-state index in [1.807, 2.05) is 12.1 Å². The summed E-state index contributed by atoms with van der Waals surface area (Å²) in [6, 6.07) is 21.1. The van der Waals surface area contributed by atoms with E-state index in [0.717, 1.165) is 57.8 Å². The van der Waals surface area contributed by atoms with E-state index in [0.29, 0.717) is 17.4 Å². The predicted molar refractivity (Wildman–Crippen MR) is 167 cm³/mol. The number of hydrogen-bond acceptors (Lipinski definition) is 11. The second kappa shape index (κ2) is 12.5. The highest BCUT2D eigenvalue weighted by molar-refractivity contribution is 7.91. The number of rotatable bonds is 8. The Labute approximate surface area is 252 Å². The topological polar surface area (TPSA) is 127 Å². The van der Waals surface area contributed by atoms with E-state index < -0.39 is 9.84 Å². The van der Waals surface area contributed by atoms with Gasteiger partial charge in [0.25, 0.3) is 0 Å². The highest BCUT2D eigenvalue weighted by atomic mass is 32.2. The summed E-state index contributed by atoms with van der Waals surface area (Å²) in [6.45, 7) is 6.43.